The zero-order chi connectivity index (χ0) is 12.3. The predicted molar refractivity (Wildman–Crippen MR) is 57.9 cm³/mol. The molecule has 0 spiro atoms. The van der Waals surface area contributed by atoms with Crippen LogP contribution in [0.3, 0.4) is 0 Å². The van der Waals surface area contributed by atoms with Gasteiger partial charge in [0.2, 0.25) is 0 Å². The van der Waals surface area contributed by atoms with Crippen molar-refractivity contribution >= 4 is 33.5 Å². The van der Waals surface area contributed by atoms with Crippen LogP contribution < -0.4 is 0 Å². The highest BCUT2D eigenvalue weighted by Gasteiger charge is 2.26. The molecule has 0 radical (unpaired) electrons. The van der Waals surface area contributed by atoms with Crippen LogP contribution in [0.2, 0.25) is 5.02 Å². The molecule has 0 aliphatic rings. The normalized spacial score (nSPS) is 10.6. The molecule has 0 aliphatic heterocycles. The predicted octanol–water partition coefficient (Wildman–Crippen LogP) is 3.61. The Balaban J connectivity index is 3.34. The minimum atomic E-state index is -2.87. The second kappa shape index (κ2) is 5.54. The Morgan fingerprint density at radius 3 is 2.81 bits per heavy atom. The standard InChI is InChI=1S/C9H7BrClF2NO2/c1-2-16-9(15)6-5(8(12)13)4(11)3-14-7(6)10/h3,8H,2H2,1H3. The molecule has 0 aliphatic carbocycles. The smallest absolute Gasteiger partial charge is 0.341 e. The highest BCUT2D eigenvalue weighted by molar-refractivity contribution is 9.10. The molecule has 0 aromatic carbocycles. The fourth-order valence-electron chi connectivity index (χ4n) is 1.09. The maximum absolute atomic E-state index is 12.7. The van der Waals surface area contributed by atoms with Crippen LogP contribution in [0.1, 0.15) is 29.3 Å². The fourth-order valence-corrected chi connectivity index (χ4v) is 1.79. The molecular weight excluding hydrogens is 307 g/mol. The van der Waals surface area contributed by atoms with Crippen LogP contribution in [0.25, 0.3) is 0 Å². The lowest BCUT2D eigenvalue weighted by molar-refractivity contribution is 0.0513. The molecule has 0 fully saturated rings. The van der Waals surface area contributed by atoms with Crippen LogP contribution in [-0.4, -0.2) is 17.6 Å². The van der Waals surface area contributed by atoms with Crippen molar-refractivity contribution in [1.29, 1.82) is 0 Å². The van der Waals surface area contributed by atoms with Crippen molar-refractivity contribution in [2.45, 2.75) is 13.3 Å². The number of aromatic nitrogens is 1. The van der Waals surface area contributed by atoms with Crippen molar-refractivity contribution < 1.29 is 18.3 Å². The molecule has 0 unspecified atom stereocenters. The first kappa shape index (κ1) is 13.3. The summed E-state index contributed by atoms with van der Waals surface area (Å²) < 4.78 is 30.1. The Morgan fingerprint density at radius 1 is 1.69 bits per heavy atom. The molecule has 0 atom stereocenters. The second-order valence-corrected chi connectivity index (χ2v) is 3.87. The van der Waals surface area contributed by atoms with Crippen LogP contribution >= 0.6 is 27.5 Å². The van der Waals surface area contributed by atoms with Gasteiger partial charge in [-0.15, -0.1) is 0 Å². The topological polar surface area (TPSA) is 39.2 Å². The Bertz CT molecular complexity index is 415. The molecule has 0 saturated carbocycles. The van der Waals surface area contributed by atoms with Gasteiger partial charge in [0.05, 0.1) is 17.2 Å². The Hall–Kier alpha value is -0.750. The lowest BCUT2D eigenvalue weighted by Crippen LogP contribution is -2.11. The molecule has 3 nitrogen and oxygen atoms in total. The van der Waals surface area contributed by atoms with Gasteiger partial charge in [-0.25, -0.2) is 18.6 Å². The van der Waals surface area contributed by atoms with E-state index in [0.29, 0.717) is 0 Å². The summed E-state index contributed by atoms with van der Waals surface area (Å²) in [5.74, 6) is -0.875. The highest BCUT2D eigenvalue weighted by Crippen LogP contribution is 2.33. The maximum Gasteiger partial charge on any atom is 0.341 e. The molecule has 0 N–H and O–H groups in total. The number of nitrogens with zero attached hydrogens (tertiary/aromatic N) is 1. The number of hydrogen-bond donors (Lipinski definition) is 0. The van der Waals surface area contributed by atoms with E-state index >= 15 is 0 Å². The molecule has 0 amide bonds. The van der Waals surface area contributed by atoms with Gasteiger partial charge in [-0.05, 0) is 22.9 Å². The van der Waals surface area contributed by atoms with Gasteiger partial charge in [0.25, 0.3) is 6.43 Å². The van der Waals surface area contributed by atoms with Gasteiger partial charge in [0.15, 0.2) is 0 Å². The van der Waals surface area contributed by atoms with E-state index in [1.807, 2.05) is 0 Å². The van der Waals surface area contributed by atoms with Crippen molar-refractivity contribution in [3.63, 3.8) is 0 Å². The van der Waals surface area contributed by atoms with Gasteiger partial charge in [-0.1, -0.05) is 11.6 Å². The van der Waals surface area contributed by atoms with Gasteiger partial charge < -0.3 is 4.74 Å². The van der Waals surface area contributed by atoms with Crippen molar-refractivity contribution in [1.82, 2.24) is 4.98 Å². The number of alkyl halides is 2. The third-order valence-corrected chi connectivity index (χ3v) is 2.62. The Kier molecular flexibility index (Phi) is 4.61. The molecule has 88 valence electrons. The SMILES string of the molecule is CCOC(=O)c1c(Br)ncc(Cl)c1C(F)F. The summed E-state index contributed by atoms with van der Waals surface area (Å²) in [6.45, 7) is 1.66. The highest BCUT2D eigenvalue weighted by atomic mass is 79.9. The summed E-state index contributed by atoms with van der Waals surface area (Å²) in [5.41, 5.74) is -0.897. The van der Waals surface area contributed by atoms with E-state index in [9.17, 15) is 13.6 Å². The van der Waals surface area contributed by atoms with E-state index in [1.54, 1.807) is 6.92 Å². The first-order chi connectivity index (χ1) is 7.49. The average Bonchev–Trinajstić information content (AvgIpc) is 2.20. The van der Waals surface area contributed by atoms with Gasteiger partial charge in [0.1, 0.15) is 10.2 Å². The molecule has 1 aromatic heterocycles. The zero-order valence-electron chi connectivity index (χ0n) is 8.14. The van der Waals surface area contributed by atoms with Gasteiger partial charge in [0, 0.05) is 6.20 Å². The molecule has 0 saturated heterocycles. The van der Waals surface area contributed by atoms with E-state index in [2.05, 4.69) is 25.7 Å². The fraction of sp³-hybridized carbons (Fsp3) is 0.333. The van der Waals surface area contributed by atoms with Crippen LogP contribution in [0.4, 0.5) is 8.78 Å². The molecule has 1 heterocycles. The quantitative estimate of drug-likeness (QED) is 0.632. The summed E-state index contributed by atoms with van der Waals surface area (Å²) in [6, 6.07) is 0. The number of pyridine rings is 1. The summed E-state index contributed by atoms with van der Waals surface area (Å²) in [7, 11) is 0. The summed E-state index contributed by atoms with van der Waals surface area (Å²) >= 11 is 8.49. The zero-order valence-corrected chi connectivity index (χ0v) is 10.5. The van der Waals surface area contributed by atoms with Crippen LogP contribution in [0, 0.1) is 0 Å². The second-order valence-electron chi connectivity index (χ2n) is 2.71. The summed E-state index contributed by atoms with van der Waals surface area (Å²) in [5, 5.41) is -0.263. The lowest BCUT2D eigenvalue weighted by Gasteiger charge is -2.10. The first-order valence-electron chi connectivity index (χ1n) is 4.28. The molecule has 0 bridgehead atoms. The van der Waals surface area contributed by atoms with Crippen molar-refractivity contribution in [2.75, 3.05) is 6.61 Å². The van der Waals surface area contributed by atoms with Crippen LogP contribution in [0.5, 0.6) is 0 Å². The van der Waals surface area contributed by atoms with E-state index in [4.69, 9.17) is 11.6 Å². The minimum Gasteiger partial charge on any atom is -0.462 e. The Labute approximate surface area is 104 Å². The average molecular weight is 315 g/mol. The molecule has 1 rings (SSSR count). The number of carbonyl (C=O) groups is 1. The van der Waals surface area contributed by atoms with Gasteiger partial charge in [-0.3, -0.25) is 0 Å². The molecule has 7 heteroatoms. The number of halogens is 4. The van der Waals surface area contributed by atoms with Crippen molar-refractivity contribution in [3.8, 4) is 0 Å². The van der Waals surface area contributed by atoms with Crippen molar-refractivity contribution in [2.24, 2.45) is 0 Å². The maximum atomic E-state index is 12.7. The lowest BCUT2D eigenvalue weighted by atomic mass is 10.1. The van der Waals surface area contributed by atoms with Gasteiger partial charge in [-0.2, -0.15) is 0 Å². The number of esters is 1. The van der Waals surface area contributed by atoms with Crippen LogP contribution in [0.15, 0.2) is 10.8 Å². The Morgan fingerprint density at radius 2 is 2.31 bits per heavy atom. The van der Waals surface area contributed by atoms with Gasteiger partial charge >= 0.3 is 5.97 Å². The van der Waals surface area contributed by atoms with Crippen LogP contribution in [-0.2, 0) is 4.74 Å². The van der Waals surface area contributed by atoms with E-state index in [0.717, 1.165) is 6.20 Å². The summed E-state index contributed by atoms with van der Waals surface area (Å²) in [4.78, 5) is 15.1. The monoisotopic (exact) mass is 313 g/mol. The van der Waals surface area contributed by atoms with Crippen molar-refractivity contribution in [3.05, 3.63) is 26.9 Å². The molecule has 16 heavy (non-hydrogen) atoms. The number of hydrogen-bond acceptors (Lipinski definition) is 3. The summed E-state index contributed by atoms with van der Waals surface area (Å²) in [6.07, 6.45) is -1.82. The number of carbonyl (C=O) groups excluding carboxylic acids is 1. The number of rotatable bonds is 3. The molecular formula is C9H7BrClF2NO2. The minimum absolute atomic E-state index is 0.00866. The van der Waals surface area contributed by atoms with E-state index in [-0.39, 0.29) is 21.8 Å². The van der Waals surface area contributed by atoms with E-state index < -0.39 is 18.0 Å². The largest absolute Gasteiger partial charge is 0.462 e. The molecule has 1 aromatic rings. The first-order valence-corrected chi connectivity index (χ1v) is 5.45. The third kappa shape index (κ3) is 2.68. The number of ether oxygens (including phenoxy) is 1. The third-order valence-electron chi connectivity index (χ3n) is 1.72. The van der Waals surface area contributed by atoms with E-state index in [1.165, 1.54) is 0 Å².